The lowest BCUT2D eigenvalue weighted by Crippen LogP contribution is -1.96. The largest absolute Gasteiger partial charge is 0.207 e. The molecule has 24 heavy (non-hydrogen) atoms. The molecule has 0 atom stereocenters. The molecule has 0 radical (unpaired) electrons. The van der Waals surface area contributed by atoms with Crippen LogP contribution in [0.3, 0.4) is 0 Å². The van der Waals surface area contributed by atoms with Crippen molar-refractivity contribution >= 4 is 21.5 Å². The van der Waals surface area contributed by atoms with Gasteiger partial charge in [-0.25, -0.2) is 8.78 Å². The first-order chi connectivity index (χ1) is 11.6. The van der Waals surface area contributed by atoms with E-state index in [1.165, 1.54) is 0 Å². The lowest BCUT2D eigenvalue weighted by atomic mass is 9.87. The summed E-state index contributed by atoms with van der Waals surface area (Å²) in [6.07, 6.45) is 0. The Morgan fingerprint density at radius 3 is 1.38 bits per heavy atom. The van der Waals surface area contributed by atoms with Crippen LogP contribution < -0.4 is 0 Å². The van der Waals surface area contributed by atoms with Crippen molar-refractivity contribution < 1.29 is 8.78 Å². The summed E-state index contributed by atoms with van der Waals surface area (Å²) < 4.78 is 29.1. The first kappa shape index (κ1) is 14.8. The van der Waals surface area contributed by atoms with Gasteiger partial charge in [0.2, 0.25) is 0 Å². The molecule has 0 unspecified atom stereocenters. The predicted octanol–water partition coefficient (Wildman–Crippen LogP) is 6.56. The van der Waals surface area contributed by atoms with Crippen LogP contribution >= 0.6 is 0 Å². The summed E-state index contributed by atoms with van der Waals surface area (Å²) >= 11 is 0. The average Bonchev–Trinajstić information content (AvgIpc) is 2.58. The van der Waals surface area contributed by atoms with Gasteiger partial charge in [-0.2, -0.15) is 0 Å². The monoisotopic (exact) mass is 318 g/mol. The van der Waals surface area contributed by atoms with Crippen LogP contribution in [0.15, 0.2) is 60.7 Å². The third kappa shape index (κ3) is 2.10. The molecular weight excluding hydrogens is 302 g/mol. The highest BCUT2D eigenvalue weighted by atomic mass is 19.1. The highest BCUT2D eigenvalue weighted by molar-refractivity contribution is 6.07. The fourth-order valence-electron chi connectivity index (χ4n) is 3.48. The van der Waals surface area contributed by atoms with Gasteiger partial charge in [-0.15, -0.1) is 0 Å². The van der Waals surface area contributed by atoms with Gasteiger partial charge in [-0.05, 0) is 69.8 Å². The van der Waals surface area contributed by atoms with E-state index in [0.717, 1.165) is 32.7 Å². The zero-order chi connectivity index (χ0) is 16.8. The van der Waals surface area contributed by atoms with Crippen molar-refractivity contribution in [1.29, 1.82) is 0 Å². The maximum Gasteiger partial charge on any atom is 0.127 e. The summed E-state index contributed by atoms with van der Waals surface area (Å²) in [6, 6.07) is 18.4. The Morgan fingerprint density at radius 1 is 0.583 bits per heavy atom. The molecule has 118 valence electrons. The average molecular weight is 318 g/mol. The van der Waals surface area contributed by atoms with E-state index in [4.69, 9.17) is 0 Å². The van der Waals surface area contributed by atoms with E-state index < -0.39 is 0 Å². The second kappa shape index (κ2) is 5.41. The molecule has 4 aromatic carbocycles. The molecule has 0 saturated heterocycles. The second-order valence-electron chi connectivity index (χ2n) is 6.16. The van der Waals surface area contributed by atoms with Gasteiger partial charge >= 0.3 is 0 Å². The number of benzene rings is 4. The molecular formula is C22H16F2. The van der Waals surface area contributed by atoms with Gasteiger partial charge in [-0.1, -0.05) is 48.5 Å². The molecule has 0 nitrogen and oxygen atoms in total. The second-order valence-corrected chi connectivity index (χ2v) is 6.16. The molecule has 0 aliphatic heterocycles. The van der Waals surface area contributed by atoms with Gasteiger partial charge in [-0.3, -0.25) is 0 Å². The number of rotatable bonds is 1. The predicted molar refractivity (Wildman–Crippen MR) is 96.3 cm³/mol. The molecule has 0 amide bonds. The molecule has 0 fully saturated rings. The molecule has 0 N–H and O–H groups in total. The first-order valence-electron chi connectivity index (χ1n) is 7.94. The molecule has 4 aromatic rings. The number of halogens is 2. The smallest absolute Gasteiger partial charge is 0.127 e. The molecule has 4 rings (SSSR count). The van der Waals surface area contributed by atoms with Crippen molar-refractivity contribution in [2.24, 2.45) is 0 Å². The van der Waals surface area contributed by atoms with E-state index in [-0.39, 0.29) is 11.6 Å². The minimum atomic E-state index is -0.267. The molecule has 0 aliphatic rings. The Balaban J connectivity index is 2.26. The van der Waals surface area contributed by atoms with Crippen LogP contribution in [-0.2, 0) is 0 Å². The third-order valence-corrected chi connectivity index (χ3v) is 4.74. The molecule has 0 aromatic heterocycles. The van der Waals surface area contributed by atoms with Gasteiger partial charge < -0.3 is 0 Å². The highest BCUT2D eigenvalue weighted by Crippen LogP contribution is 2.40. The van der Waals surface area contributed by atoms with Gasteiger partial charge in [0.15, 0.2) is 0 Å². The quantitative estimate of drug-likeness (QED) is 0.373. The van der Waals surface area contributed by atoms with Crippen LogP contribution in [0, 0.1) is 25.5 Å². The Bertz CT molecular complexity index is 1000. The minimum absolute atomic E-state index is 0.267. The molecule has 0 heterocycles. The Morgan fingerprint density at radius 2 is 0.958 bits per heavy atom. The third-order valence-electron chi connectivity index (χ3n) is 4.74. The first-order valence-corrected chi connectivity index (χ1v) is 7.94. The van der Waals surface area contributed by atoms with Crippen LogP contribution in [0.1, 0.15) is 11.1 Å². The van der Waals surface area contributed by atoms with Crippen molar-refractivity contribution in [3.8, 4) is 11.1 Å². The number of hydrogen-bond donors (Lipinski definition) is 0. The SMILES string of the molecule is Cc1c(F)cc2ccccc2c1-c1c(C)c(F)cc2ccccc12. The van der Waals surface area contributed by atoms with E-state index in [2.05, 4.69) is 0 Å². The molecule has 0 spiro atoms. The molecule has 0 saturated carbocycles. The van der Waals surface area contributed by atoms with Crippen LogP contribution in [0.25, 0.3) is 32.7 Å². The van der Waals surface area contributed by atoms with E-state index in [1.807, 2.05) is 48.5 Å². The van der Waals surface area contributed by atoms with Gasteiger partial charge in [0.25, 0.3) is 0 Å². The normalized spacial score (nSPS) is 11.3. The van der Waals surface area contributed by atoms with Crippen LogP contribution in [0.5, 0.6) is 0 Å². The standard InChI is InChI=1S/C22H16F2/c1-13-19(23)11-15-7-3-5-9-17(15)21(13)22-14(2)20(24)12-16-8-4-6-10-18(16)22/h3-12H,1-2H3. The Hall–Kier alpha value is -2.74. The summed E-state index contributed by atoms with van der Waals surface area (Å²) in [5, 5.41) is 3.53. The van der Waals surface area contributed by atoms with Crippen LogP contribution in [0.2, 0.25) is 0 Å². The van der Waals surface area contributed by atoms with Gasteiger partial charge in [0.1, 0.15) is 11.6 Å². The van der Waals surface area contributed by atoms with Crippen molar-refractivity contribution in [2.75, 3.05) is 0 Å². The minimum Gasteiger partial charge on any atom is -0.207 e. The Kier molecular flexibility index (Phi) is 3.34. The molecule has 2 heteroatoms. The lowest BCUT2D eigenvalue weighted by molar-refractivity contribution is 0.618. The zero-order valence-electron chi connectivity index (χ0n) is 13.5. The number of fused-ring (bicyclic) bond motifs is 2. The summed E-state index contributed by atoms with van der Waals surface area (Å²) in [6.45, 7) is 3.52. The molecule has 0 aliphatic carbocycles. The fraction of sp³-hybridized carbons (Fsp3) is 0.0909. The summed E-state index contributed by atoms with van der Waals surface area (Å²) in [5.41, 5.74) is 2.65. The van der Waals surface area contributed by atoms with E-state index in [9.17, 15) is 8.78 Å². The topological polar surface area (TPSA) is 0 Å². The van der Waals surface area contributed by atoms with Crippen LogP contribution in [0.4, 0.5) is 8.78 Å². The van der Waals surface area contributed by atoms with Gasteiger partial charge in [0.05, 0.1) is 0 Å². The van der Waals surface area contributed by atoms with Crippen molar-refractivity contribution in [3.63, 3.8) is 0 Å². The summed E-state index contributed by atoms with van der Waals surface area (Å²) in [4.78, 5) is 0. The van der Waals surface area contributed by atoms with E-state index in [0.29, 0.717) is 11.1 Å². The lowest BCUT2D eigenvalue weighted by Gasteiger charge is -2.17. The number of hydrogen-bond acceptors (Lipinski definition) is 0. The van der Waals surface area contributed by atoms with Crippen LogP contribution in [-0.4, -0.2) is 0 Å². The maximum atomic E-state index is 14.5. The molecule has 0 bridgehead atoms. The van der Waals surface area contributed by atoms with E-state index >= 15 is 0 Å². The summed E-state index contributed by atoms with van der Waals surface area (Å²) in [7, 11) is 0. The maximum absolute atomic E-state index is 14.5. The fourth-order valence-corrected chi connectivity index (χ4v) is 3.48. The Labute approximate surface area is 139 Å². The highest BCUT2D eigenvalue weighted by Gasteiger charge is 2.18. The van der Waals surface area contributed by atoms with Gasteiger partial charge in [0, 0.05) is 0 Å². The zero-order valence-corrected chi connectivity index (χ0v) is 13.5. The van der Waals surface area contributed by atoms with Crippen molar-refractivity contribution in [3.05, 3.63) is 83.4 Å². The van der Waals surface area contributed by atoms with E-state index in [1.54, 1.807) is 26.0 Å². The van der Waals surface area contributed by atoms with Crippen molar-refractivity contribution in [1.82, 2.24) is 0 Å². The van der Waals surface area contributed by atoms with Crippen molar-refractivity contribution in [2.45, 2.75) is 13.8 Å². The summed E-state index contributed by atoms with van der Waals surface area (Å²) in [5.74, 6) is -0.534.